The van der Waals surface area contributed by atoms with Crippen LogP contribution in [0.3, 0.4) is 0 Å². The van der Waals surface area contributed by atoms with Crippen molar-refractivity contribution in [3.8, 4) is 10.8 Å². The van der Waals surface area contributed by atoms with Crippen LogP contribution in [-0.4, -0.2) is 52.1 Å². The molecule has 6 nitrogen and oxygen atoms in total. The Kier molecular flexibility index (Phi) is 4.80. The number of hydrogen-bond donors (Lipinski definition) is 0. The van der Waals surface area contributed by atoms with Crippen LogP contribution in [0, 0.1) is 0 Å². The van der Waals surface area contributed by atoms with Crippen molar-refractivity contribution in [3.05, 3.63) is 17.5 Å². The monoisotopic (exact) mass is 339 g/mol. The third-order valence-electron chi connectivity index (χ3n) is 3.23. The first-order valence-electron chi connectivity index (χ1n) is 7.05. The van der Waals surface area contributed by atoms with E-state index in [2.05, 4.69) is 10.2 Å². The Morgan fingerprint density at radius 1 is 1.41 bits per heavy atom. The molecule has 1 amide bonds. The van der Waals surface area contributed by atoms with Gasteiger partial charge in [0.15, 0.2) is 0 Å². The van der Waals surface area contributed by atoms with Gasteiger partial charge in [-0.1, -0.05) is 17.8 Å². The van der Waals surface area contributed by atoms with Gasteiger partial charge < -0.3 is 14.1 Å². The highest BCUT2D eigenvalue weighted by atomic mass is 32.2. The van der Waals surface area contributed by atoms with Crippen LogP contribution in [0.5, 0.6) is 0 Å². The van der Waals surface area contributed by atoms with Gasteiger partial charge in [-0.25, -0.2) is 0 Å². The lowest BCUT2D eigenvalue weighted by Crippen LogP contribution is -2.48. The predicted octanol–water partition coefficient (Wildman–Crippen LogP) is 2.53. The summed E-state index contributed by atoms with van der Waals surface area (Å²) in [5.74, 6) is 0.868. The molecule has 2 aromatic rings. The van der Waals surface area contributed by atoms with Gasteiger partial charge in [0, 0.05) is 13.1 Å². The van der Waals surface area contributed by atoms with E-state index in [0.29, 0.717) is 30.0 Å². The molecule has 2 unspecified atom stereocenters. The maximum atomic E-state index is 12.3. The van der Waals surface area contributed by atoms with Crippen molar-refractivity contribution < 1.29 is 13.9 Å². The number of ether oxygens (including phenoxy) is 1. The van der Waals surface area contributed by atoms with E-state index in [0.717, 1.165) is 4.88 Å². The van der Waals surface area contributed by atoms with Crippen LogP contribution in [-0.2, 0) is 9.53 Å². The molecule has 0 N–H and O–H groups in total. The Balaban J connectivity index is 1.55. The van der Waals surface area contributed by atoms with Crippen LogP contribution in [0.15, 0.2) is 27.2 Å². The van der Waals surface area contributed by atoms with Crippen molar-refractivity contribution in [1.29, 1.82) is 0 Å². The van der Waals surface area contributed by atoms with Crippen molar-refractivity contribution in [1.82, 2.24) is 15.1 Å². The number of nitrogens with zero attached hydrogens (tertiary/aromatic N) is 3. The second-order valence-corrected chi connectivity index (χ2v) is 7.07. The molecule has 0 bridgehead atoms. The van der Waals surface area contributed by atoms with E-state index in [1.54, 1.807) is 11.3 Å². The minimum Gasteiger partial charge on any atom is -0.410 e. The van der Waals surface area contributed by atoms with E-state index < -0.39 is 0 Å². The second kappa shape index (κ2) is 6.80. The van der Waals surface area contributed by atoms with Gasteiger partial charge in [0.25, 0.3) is 11.1 Å². The number of thioether (sulfide) groups is 1. The topological polar surface area (TPSA) is 68.5 Å². The zero-order valence-corrected chi connectivity index (χ0v) is 14.0. The Morgan fingerprint density at radius 2 is 2.18 bits per heavy atom. The molecule has 8 heteroatoms. The Bertz CT molecular complexity index is 619. The molecule has 0 aliphatic carbocycles. The van der Waals surface area contributed by atoms with E-state index in [-0.39, 0.29) is 18.1 Å². The number of carbonyl (C=O) groups excluding carboxylic acids is 1. The molecule has 1 fully saturated rings. The van der Waals surface area contributed by atoms with Crippen LogP contribution in [0.2, 0.25) is 0 Å². The van der Waals surface area contributed by atoms with Gasteiger partial charge >= 0.3 is 0 Å². The van der Waals surface area contributed by atoms with Crippen molar-refractivity contribution in [2.24, 2.45) is 0 Å². The molecule has 3 heterocycles. The summed E-state index contributed by atoms with van der Waals surface area (Å²) < 4.78 is 11.2. The number of aromatic nitrogens is 2. The lowest BCUT2D eigenvalue weighted by molar-refractivity contribution is -0.140. The maximum absolute atomic E-state index is 12.3. The summed E-state index contributed by atoms with van der Waals surface area (Å²) in [5, 5.41) is 10.4. The molecule has 1 aliphatic heterocycles. The maximum Gasteiger partial charge on any atom is 0.277 e. The normalized spacial score (nSPS) is 22.0. The quantitative estimate of drug-likeness (QED) is 0.797. The van der Waals surface area contributed by atoms with Gasteiger partial charge in [-0.15, -0.1) is 21.5 Å². The number of amides is 1. The number of hydrogen-bond acceptors (Lipinski definition) is 7. The van der Waals surface area contributed by atoms with Gasteiger partial charge in [0.05, 0.1) is 22.8 Å². The molecule has 0 aromatic carbocycles. The fourth-order valence-corrected chi connectivity index (χ4v) is 3.67. The van der Waals surface area contributed by atoms with Crippen LogP contribution in [0.25, 0.3) is 10.8 Å². The van der Waals surface area contributed by atoms with Gasteiger partial charge in [-0.2, -0.15) is 0 Å². The molecule has 0 radical (unpaired) electrons. The molecule has 1 saturated heterocycles. The van der Waals surface area contributed by atoms with Crippen molar-refractivity contribution in [2.75, 3.05) is 18.8 Å². The van der Waals surface area contributed by atoms with Crippen LogP contribution in [0.1, 0.15) is 13.8 Å². The highest BCUT2D eigenvalue weighted by Crippen LogP contribution is 2.26. The summed E-state index contributed by atoms with van der Waals surface area (Å²) in [6, 6.07) is 3.86. The second-order valence-electron chi connectivity index (χ2n) is 5.20. The summed E-state index contributed by atoms with van der Waals surface area (Å²) >= 11 is 2.82. The first kappa shape index (κ1) is 15.5. The highest BCUT2D eigenvalue weighted by molar-refractivity contribution is 7.99. The van der Waals surface area contributed by atoms with Crippen molar-refractivity contribution >= 4 is 29.0 Å². The molecule has 0 saturated carbocycles. The molecule has 22 heavy (non-hydrogen) atoms. The molecule has 0 spiro atoms. The summed E-state index contributed by atoms with van der Waals surface area (Å²) in [4.78, 5) is 15.0. The highest BCUT2D eigenvalue weighted by Gasteiger charge is 2.26. The molecular weight excluding hydrogens is 322 g/mol. The van der Waals surface area contributed by atoms with Crippen molar-refractivity contribution in [3.63, 3.8) is 0 Å². The molecule has 118 valence electrons. The Labute approximate surface area is 136 Å². The van der Waals surface area contributed by atoms with Crippen LogP contribution < -0.4 is 0 Å². The number of thiophene rings is 1. The summed E-state index contributed by atoms with van der Waals surface area (Å²) in [6.07, 6.45) is 0.151. The van der Waals surface area contributed by atoms with E-state index >= 15 is 0 Å². The minimum absolute atomic E-state index is 0.0721. The van der Waals surface area contributed by atoms with Crippen molar-refractivity contribution in [2.45, 2.75) is 31.3 Å². The summed E-state index contributed by atoms with van der Waals surface area (Å²) in [7, 11) is 0. The fourth-order valence-electron chi connectivity index (χ4n) is 2.36. The van der Waals surface area contributed by atoms with Gasteiger partial charge in [-0.05, 0) is 25.3 Å². The van der Waals surface area contributed by atoms with E-state index in [1.165, 1.54) is 11.8 Å². The molecule has 1 aliphatic rings. The number of carbonyl (C=O) groups is 1. The first-order chi connectivity index (χ1) is 10.6. The first-order valence-corrected chi connectivity index (χ1v) is 8.92. The average Bonchev–Trinajstić information content (AvgIpc) is 3.14. The number of rotatable bonds is 4. The molecule has 2 atom stereocenters. The zero-order chi connectivity index (χ0) is 15.5. The minimum atomic E-state index is 0.0721. The van der Waals surface area contributed by atoms with E-state index in [4.69, 9.17) is 9.15 Å². The summed E-state index contributed by atoms with van der Waals surface area (Å²) in [6.45, 7) is 5.23. The molecular formula is C14H17N3O3S2. The lowest BCUT2D eigenvalue weighted by atomic mass is 10.2. The average molecular weight is 339 g/mol. The smallest absolute Gasteiger partial charge is 0.277 e. The lowest BCUT2D eigenvalue weighted by Gasteiger charge is -2.35. The van der Waals surface area contributed by atoms with Crippen LogP contribution >= 0.6 is 23.1 Å². The zero-order valence-electron chi connectivity index (χ0n) is 12.4. The van der Waals surface area contributed by atoms with Crippen LogP contribution in [0.4, 0.5) is 0 Å². The van der Waals surface area contributed by atoms with Gasteiger partial charge in [0.1, 0.15) is 0 Å². The number of morpholine rings is 1. The summed E-state index contributed by atoms with van der Waals surface area (Å²) in [5.41, 5.74) is 0. The Hall–Kier alpha value is -1.38. The molecule has 3 rings (SSSR count). The van der Waals surface area contributed by atoms with Gasteiger partial charge in [-0.3, -0.25) is 4.79 Å². The molecule has 2 aromatic heterocycles. The predicted molar refractivity (Wildman–Crippen MR) is 84.9 cm³/mol. The largest absolute Gasteiger partial charge is 0.410 e. The van der Waals surface area contributed by atoms with E-state index in [9.17, 15) is 4.79 Å². The standard InChI is InChI=1S/C14H17N3O3S2/c1-9-6-17(7-10(2)19-9)12(18)8-22-14-16-15-13(20-14)11-4-3-5-21-11/h3-5,9-10H,6-8H2,1-2H3. The van der Waals surface area contributed by atoms with Gasteiger partial charge in [0.2, 0.25) is 5.91 Å². The third kappa shape index (κ3) is 3.68. The fraction of sp³-hybridized carbons (Fsp3) is 0.500. The third-order valence-corrected chi connectivity index (χ3v) is 4.89. The van der Waals surface area contributed by atoms with E-state index in [1.807, 2.05) is 36.3 Å². The Morgan fingerprint density at radius 3 is 2.86 bits per heavy atom. The SMILES string of the molecule is CC1CN(C(=O)CSc2nnc(-c3cccs3)o2)CC(C)O1.